The molecule has 0 aliphatic carbocycles. The minimum absolute atomic E-state index is 0.166. The van der Waals surface area contributed by atoms with Crippen LogP contribution in [0.1, 0.15) is 17.5 Å². The maximum atomic E-state index is 6.10. The Kier molecular flexibility index (Phi) is 4.05. The summed E-state index contributed by atoms with van der Waals surface area (Å²) >= 11 is 6.10. The largest absolute Gasteiger partial charge is 0.493 e. The molecule has 1 aromatic carbocycles. The van der Waals surface area contributed by atoms with Crippen LogP contribution in [-0.4, -0.2) is 12.6 Å². The first-order valence-corrected chi connectivity index (χ1v) is 6.13. The van der Waals surface area contributed by atoms with E-state index in [9.17, 15) is 0 Å². The van der Waals surface area contributed by atoms with E-state index < -0.39 is 0 Å². The second-order valence-electron chi connectivity index (χ2n) is 4.24. The molecule has 17 heavy (non-hydrogen) atoms. The summed E-state index contributed by atoms with van der Waals surface area (Å²) in [5, 5.41) is 0.763. The standard InChI is InChI=1S/C13H17ClN2O/c1-2-3-12(16-15)8-10-7-11(14)6-9-4-5-17-13(9)10/h2,6-7,12,16H,1,3-5,8,15H2. The van der Waals surface area contributed by atoms with Crippen molar-refractivity contribution in [1.82, 2.24) is 5.43 Å². The number of ether oxygens (including phenoxy) is 1. The Labute approximate surface area is 107 Å². The number of nitrogens with two attached hydrogens (primary N) is 1. The van der Waals surface area contributed by atoms with Crippen molar-refractivity contribution in [3.8, 4) is 5.75 Å². The third-order valence-corrected chi connectivity index (χ3v) is 3.20. The van der Waals surface area contributed by atoms with E-state index in [0.29, 0.717) is 0 Å². The van der Waals surface area contributed by atoms with Gasteiger partial charge < -0.3 is 4.74 Å². The van der Waals surface area contributed by atoms with Crippen LogP contribution in [0, 0.1) is 0 Å². The lowest BCUT2D eigenvalue weighted by Crippen LogP contribution is -2.36. The zero-order valence-corrected chi connectivity index (χ0v) is 10.5. The van der Waals surface area contributed by atoms with E-state index >= 15 is 0 Å². The zero-order valence-electron chi connectivity index (χ0n) is 9.71. The summed E-state index contributed by atoms with van der Waals surface area (Å²) in [5.74, 6) is 6.50. The molecule has 0 saturated heterocycles. The van der Waals surface area contributed by atoms with Crippen molar-refractivity contribution in [2.24, 2.45) is 5.84 Å². The highest BCUT2D eigenvalue weighted by Crippen LogP contribution is 2.33. The fourth-order valence-electron chi connectivity index (χ4n) is 2.17. The molecule has 0 bridgehead atoms. The van der Waals surface area contributed by atoms with Crippen LogP contribution in [0.4, 0.5) is 0 Å². The van der Waals surface area contributed by atoms with E-state index in [2.05, 4.69) is 12.0 Å². The van der Waals surface area contributed by atoms with Gasteiger partial charge in [0, 0.05) is 17.5 Å². The molecule has 3 nitrogen and oxygen atoms in total. The molecule has 92 valence electrons. The van der Waals surface area contributed by atoms with Crippen LogP contribution in [-0.2, 0) is 12.8 Å². The van der Waals surface area contributed by atoms with Crippen LogP contribution in [0.5, 0.6) is 5.75 Å². The Balaban J connectivity index is 2.23. The van der Waals surface area contributed by atoms with Gasteiger partial charge in [-0.1, -0.05) is 17.7 Å². The van der Waals surface area contributed by atoms with Crippen LogP contribution in [0.2, 0.25) is 5.02 Å². The number of hydrogen-bond acceptors (Lipinski definition) is 3. The first kappa shape index (κ1) is 12.4. The maximum absolute atomic E-state index is 6.10. The molecule has 0 saturated carbocycles. The Bertz CT molecular complexity index is 420. The lowest BCUT2D eigenvalue weighted by atomic mass is 10.00. The molecule has 0 amide bonds. The number of halogens is 1. The molecule has 1 atom stereocenters. The quantitative estimate of drug-likeness (QED) is 0.480. The van der Waals surface area contributed by atoms with Gasteiger partial charge in [0.05, 0.1) is 6.61 Å². The van der Waals surface area contributed by atoms with E-state index in [4.69, 9.17) is 22.2 Å². The molecule has 4 heteroatoms. The first-order valence-electron chi connectivity index (χ1n) is 5.75. The monoisotopic (exact) mass is 252 g/mol. The highest BCUT2D eigenvalue weighted by Gasteiger charge is 2.19. The van der Waals surface area contributed by atoms with Crippen molar-refractivity contribution in [3.05, 3.63) is 40.9 Å². The van der Waals surface area contributed by atoms with Gasteiger partial charge in [-0.25, -0.2) is 0 Å². The minimum Gasteiger partial charge on any atom is -0.493 e. The highest BCUT2D eigenvalue weighted by molar-refractivity contribution is 6.30. The van der Waals surface area contributed by atoms with E-state index in [-0.39, 0.29) is 6.04 Å². The third-order valence-electron chi connectivity index (χ3n) is 2.98. The number of nitrogens with one attached hydrogen (secondary N) is 1. The maximum Gasteiger partial charge on any atom is 0.125 e. The fourth-order valence-corrected chi connectivity index (χ4v) is 2.44. The molecule has 1 aliphatic rings. The summed E-state index contributed by atoms with van der Waals surface area (Å²) in [6.07, 6.45) is 4.41. The van der Waals surface area contributed by atoms with E-state index in [1.54, 1.807) is 0 Å². The summed E-state index contributed by atoms with van der Waals surface area (Å²) in [4.78, 5) is 0. The van der Waals surface area contributed by atoms with Crippen LogP contribution in [0.15, 0.2) is 24.8 Å². The number of rotatable bonds is 5. The minimum atomic E-state index is 0.166. The Morgan fingerprint density at radius 2 is 2.41 bits per heavy atom. The number of hydrogen-bond donors (Lipinski definition) is 2. The summed E-state index contributed by atoms with van der Waals surface area (Å²) < 4.78 is 5.66. The second kappa shape index (κ2) is 5.54. The fraction of sp³-hybridized carbons (Fsp3) is 0.385. The topological polar surface area (TPSA) is 47.3 Å². The van der Waals surface area contributed by atoms with Gasteiger partial charge in [0.2, 0.25) is 0 Å². The molecule has 2 rings (SSSR count). The Morgan fingerprint density at radius 1 is 1.59 bits per heavy atom. The molecule has 1 aromatic rings. The van der Waals surface area contributed by atoms with Gasteiger partial charge in [0.1, 0.15) is 5.75 Å². The lowest BCUT2D eigenvalue weighted by Gasteiger charge is -2.16. The Morgan fingerprint density at radius 3 is 3.12 bits per heavy atom. The Hall–Kier alpha value is -1.03. The molecule has 0 aromatic heterocycles. The van der Waals surface area contributed by atoms with Gasteiger partial charge in [-0.05, 0) is 36.1 Å². The second-order valence-corrected chi connectivity index (χ2v) is 4.68. The van der Waals surface area contributed by atoms with Crippen molar-refractivity contribution in [2.75, 3.05) is 6.61 Å². The molecule has 1 aliphatic heterocycles. The zero-order chi connectivity index (χ0) is 12.3. The predicted octanol–water partition coefficient (Wildman–Crippen LogP) is 2.23. The highest BCUT2D eigenvalue weighted by atomic mass is 35.5. The van der Waals surface area contributed by atoms with E-state index in [1.165, 1.54) is 5.56 Å². The van der Waals surface area contributed by atoms with E-state index in [0.717, 1.165) is 42.2 Å². The number of benzene rings is 1. The van der Waals surface area contributed by atoms with Crippen molar-refractivity contribution < 1.29 is 4.74 Å². The smallest absolute Gasteiger partial charge is 0.125 e. The SMILES string of the molecule is C=CCC(Cc1cc(Cl)cc2c1OCC2)NN. The molecule has 0 radical (unpaired) electrons. The van der Waals surface area contributed by atoms with E-state index in [1.807, 2.05) is 18.2 Å². The van der Waals surface area contributed by atoms with Crippen molar-refractivity contribution in [1.29, 1.82) is 0 Å². The normalized spacial score (nSPS) is 15.2. The van der Waals surface area contributed by atoms with Crippen LogP contribution < -0.4 is 16.0 Å². The average molecular weight is 253 g/mol. The first-order chi connectivity index (χ1) is 8.24. The van der Waals surface area contributed by atoms with Crippen LogP contribution in [0.3, 0.4) is 0 Å². The molecule has 0 fully saturated rings. The van der Waals surface area contributed by atoms with Crippen molar-refractivity contribution >= 4 is 11.6 Å². The molecule has 1 unspecified atom stereocenters. The van der Waals surface area contributed by atoms with Crippen LogP contribution in [0.25, 0.3) is 0 Å². The van der Waals surface area contributed by atoms with Crippen molar-refractivity contribution in [2.45, 2.75) is 25.3 Å². The molecule has 0 spiro atoms. The third kappa shape index (κ3) is 2.80. The van der Waals surface area contributed by atoms with Crippen LogP contribution >= 0.6 is 11.6 Å². The summed E-state index contributed by atoms with van der Waals surface area (Å²) in [5.41, 5.74) is 5.11. The number of fused-ring (bicyclic) bond motifs is 1. The van der Waals surface area contributed by atoms with Gasteiger partial charge in [-0.3, -0.25) is 11.3 Å². The predicted molar refractivity (Wildman–Crippen MR) is 70.3 cm³/mol. The molecule has 1 heterocycles. The van der Waals surface area contributed by atoms with Crippen molar-refractivity contribution in [3.63, 3.8) is 0 Å². The number of hydrazine groups is 1. The van der Waals surface area contributed by atoms with Gasteiger partial charge in [-0.2, -0.15) is 0 Å². The molecular formula is C13H17ClN2O. The lowest BCUT2D eigenvalue weighted by molar-refractivity contribution is 0.351. The summed E-state index contributed by atoms with van der Waals surface area (Å²) in [6, 6.07) is 4.10. The average Bonchev–Trinajstić information content (AvgIpc) is 2.76. The van der Waals surface area contributed by atoms with Gasteiger partial charge >= 0.3 is 0 Å². The summed E-state index contributed by atoms with van der Waals surface area (Å²) in [7, 11) is 0. The summed E-state index contributed by atoms with van der Waals surface area (Å²) in [6.45, 7) is 4.47. The van der Waals surface area contributed by atoms with Gasteiger partial charge in [-0.15, -0.1) is 6.58 Å². The molecule has 3 N–H and O–H groups in total. The van der Waals surface area contributed by atoms with Gasteiger partial charge in [0.15, 0.2) is 0 Å². The molecular weight excluding hydrogens is 236 g/mol. The van der Waals surface area contributed by atoms with Gasteiger partial charge in [0.25, 0.3) is 0 Å².